The van der Waals surface area contributed by atoms with E-state index in [2.05, 4.69) is 26.5 Å². The zero-order chi connectivity index (χ0) is 20.7. The number of hydrogen-bond acceptors (Lipinski definition) is 6. The summed E-state index contributed by atoms with van der Waals surface area (Å²) in [5.41, 5.74) is 2.87. The number of benzene rings is 2. The van der Waals surface area contributed by atoms with Gasteiger partial charge in [0.15, 0.2) is 11.5 Å². The molecule has 0 aliphatic carbocycles. The molecule has 2 aromatic carbocycles. The van der Waals surface area contributed by atoms with Crippen LogP contribution in [0.4, 0.5) is 0 Å². The largest absolute Gasteiger partial charge is 0.504 e. The molecule has 0 atom stereocenters. The van der Waals surface area contributed by atoms with Gasteiger partial charge in [-0.05, 0) is 55.0 Å². The summed E-state index contributed by atoms with van der Waals surface area (Å²) in [7, 11) is -2.47. The number of nitrogens with zero attached hydrogens (tertiary/aromatic N) is 2. The highest BCUT2D eigenvalue weighted by Gasteiger charge is 2.22. The van der Waals surface area contributed by atoms with Crippen LogP contribution in [0.2, 0.25) is 0 Å². The number of carbonyl (C=O) groups is 1. The minimum Gasteiger partial charge on any atom is -0.504 e. The number of sulfonamides is 1. The number of phenols is 1. The van der Waals surface area contributed by atoms with E-state index in [4.69, 9.17) is 4.74 Å². The summed E-state index contributed by atoms with van der Waals surface area (Å²) in [6.07, 6.45) is 1.36. The van der Waals surface area contributed by atoms with Crippen LogP contribution < -0.4 is 10.2 Å². The first-order chi connectivity index (χ1) is 13.2. The third kappa shape index (κ3) is 5.78. The Kier molecular flexibility index (Phi) is 7.55. The average molecular weight is 470 g/mol. The van der Waals surface area contributed by atoms with Crippen LogP contribution in [0.5, 0.6) is 11.5 Å². The topological polar surface area (TPSA) is 108 Å². The molecule has 0 aliphatic rings. The summed E-state index contributed by atoms with van der Waals surface area (Å²) in [6, 6.07) is 10.7. The number of amides is 1. The number of phenolic OH excluding ortho intramolecular Hbond substituents is 1. The van der Waals surface area contributed by atoms with Gasteiger partial charge in [-0.1, -0.05) is 15.9 Å². The highest BCUT2D eigenvalue weighted by atomic mass is 79.9. The molecule has 0 saturated carbocycles. The van der Waals surface area contributed by atoms with Gasteiger partial charge in [0.05, 0.1) is 24.3 Å². The van der Waals surface area contributed by atoms with Crippen molar-refractivity contribution in [2.45, 2.75) is 11.8 Å². The molecule has 2 N–H and O–H groups in total. The van der Waals surface area contributed by atoms with Crippen molar-refractivity contribution in [2.24, 2.45) is 5.10 Å². The molecule has 0 spiro atoms. The molecule has 0 heterocycles. The van der Waals surface area contributed by atoms with Gasteiger partial charge in [0.25, 0.3) is 5.91 Å². The van der Waals surface area contributed by atoms with E-state index in [1.165, 1.54) is 31.5 Å². The van der Waals surface area contributed by atoms with Crippen molar-refractivity contribution < 1.29 is 23.1 Å². The normalized spacial score (nSPS) is 11.7. The number of nitrogens with one attached hydrogen (secondary N) is 1. The van der Waals surface area contributed by atoms with E-state index in [0.29, 0.717) is 17.9 Å². The third-order valence-corrected chi connectivity index (χ3v) is 5.92. The second-order valence-electron chi connectivity index (χ2n) is 5.67. The molecule has 28 heavy (non-hydrogen) atoms. The van der Waals surface area contributed by atoms with Crippen molar-refractivity contribution in [1.29, 1.82) is 0 Å². The highest BCUT2D eigenvalue weighted by molar-refractivity contribution is 9.10. The van der Waals surface area contributed by atoms with Crippen LogP contribution in [-0.4, -0.2) is 50.2 Å². The molecule has 0 aliphatic heterocycles. The molecule has 0 saturated heterocycles. The van der Waals surface area contributed by atoms with Crippen molar-refractivity contribution in [3.63, 3.8) is 0 Å². The molecule has 150 valence electrons. The number of aromatic hydroxyl groups is 1. The van der Waals surface area contributed by atoms with Gasteiger partial charge in [0, 0.05) is 11.5 Å². The number of carbonyl (C=O) groups excluding carboxylic acids is 1. The van der Waals surface area contributed by atoms with Gasteiger partial charge >= 0.3 is 0 Å². The molecule has 0 fully saturated rings. The summed E-state index contributed by atoms with van der Waals surface area (Å²) in [5, 5.41) is 13.5. The molecular weight excluding hydrogens is 450 g/mol. The summed E-state index contributed by atoms with van der Waals surface area (Å²) in [5.74, 6) is -0.288. The molecular formula is C18H20BrN3O5S. The standard InChI is InChI=1S/C18H20BrN3O5S/c1-3-27-17-10-13(4-9-16(17)23)11-20-21-18(24)12-22(2)28(25,26)15-7-5-14(19)6-8-15/h4-11,23H,3,12H2,1-2H3,(H,21,24). The molecule has 0 bridgehead atoms. The van der Waals surface area contributed by atoms with Crippen molar-refractivity contribution in [2.75, 3.05) is 20.2 Å². The molecule has 8 nitrogen and oxygen atoms in total. The minimum absolute atomic E-state index is 0.00260. The number of likely N-dealkylation sites (N-methyl/N-ethyl adjacent to an activating group) is 1. The fourth-order valence-electron chi connectivity index (χ4n) is 2.17. The van der Waals surface area contributed by atoms with Crippen LogP contribution in [0.3, 0.4) is 0 Å². The first kappa shape index (κ1) is 21.9. The van der Waals surface area contributed by atoms with Gasteiger partial charge in [0.2, 0.25) is 10.0 Å². The Morgan fingerprint density at radius 3 is 2.61 bits per heavy atom. The summed E-state index contributed by atoms with van der Waals surface area (Å²) in [6.45, 7) is 1.79. The number of hydrazone groups is 1. The second kappa shape index (κ2) is 9.67. The van der Waals surface area contributed by atoms with E-state index >= 15 is 0 Å². The molecule has 1 amide bonds. The lowest BCUT2D eigenvalue weighted by Gasteiger charge is -2.16. The maximum Gasteiger partial charge on any atom is 0.255 e. The quantitative estimate of drug-likeness (QED) is 0.455. The Balaban J connectivity index is 1.97. The molecule has 0 unspecified atom stereocenters. The summed E-state index contributed by atoms with van der Waals surface area (Å²) < 4.78 is 31.9. The van der Waals surface area contributed by atoms with Crippen LogP contribution in [-0.2, 0) is 14.8 Å². The lowest BCUT2D eigenvalue weighted by molar-refractivity contribution is -0.121. The van der Waals surface area contributed by atoms with Gasteiger partial charge in [0.1, 0.15) is 0 Å². The van der Waals surface area contributed by atoms with Crippen LogP contribution in [0, 0.1) is 0 Å². The molecule has 10 heteroatoms. The van der Waals surface area contributed by atoms with Crippen molar-refractivity contribution in [3.05, 3.63) is 52.5 Å². The van der Waals surface area contributed by atoms with Gasteiger partial charge in [-0.25, -0.2) is 13.8 Å². The summed E-state index contributed by atoms with van der Waals surface area (Å²) >= 11 is 3.24. The molecule has 2 aromatic rings. The first-order valence-electron chi connectivity index (χ1n) is 8.23. The van der Waals surface area contributed by atoms with E-state index in [-0.39, 0.29) is 10.6 Å². The zero-order valence-corrected chi connectivity index (χ0v) is 17.7. The van der Waals surface area contributed by atoms with E-state index < -0.39 is 22.5 Å². The predicted molar refractivity (Wildman–Crippen MR) is 109 cm³/mol. The zero-order valence-electron chi connectivity index (χ0n) is 15.3. The minimum atomic E-state index is -3.79. The van der Waals surface area contributed by atoms with E-state index in [1.807, 2.05) is 0 Å². The second-order valence-corrected chi connectivity index (χ2v) is 8.63. The number of ether oxygens (including phenoxy) is 1. The van der Waals surface area contributed by atoms with Crippen molar-refractivity contribution >= 4 is 38.1 Å². The van der Waals surface area contributed by atoms with E-state index in [9.17, 15) is 18.3 Å². The number of rotatable bonds is 8. The van der Waals surface area contributed by atoms with Gasteiger partial charge in [-0.15, -0.1) is 0 Å². The number of hydrogen-bond donors (Lipinski definition) is 2. The van der Waals surface area contributed by atoms with Crippen LogP contribution in [0.1, 0.15) is 12.5 Å². The van der Waals surface area contributed by atoms with Gasteiger partial charge in [-0.3, -0.25) is 4.79 Å². The molecule has 0 radical (unpaired) electrons. The lowest BCUT2D eigenvalue weighted by atomic mass is 10.2. The Morgan fingerprint density at radius 2 is 1.96 bits per heavy atom. The van der Waals surface area contributed by atoms with Crippen molar-refractivity contribution in [1.82, 2.24) is 9.73 Å². The Hall–Kier alpha value is -2.43. The fraction of sp³-hybridized carbons (Fsp3) is 0.222. The fourth-order valence-corrected chi connectivity index (χ4v) is 3.56. The third-order valence-electron chi connectivity index (χ3n) is 3.57. The predicted octanol–water partition coefficient (Wildman–Crippen LogP) is 2.32. The lowest BCUT2D eigenvalue weighted by Crippen LogP contribution is -2.36. The van der Waals surface area contributed by atoms with E-state index in [1.54, 1.807) is 31.2 Å². The monoisotopic (exact) mass is 469 g/mol. The highest BCUT2D eigenvalue weighted by Crippen LogP contribution is 2.26. The SMILES string of the molecule is CCOc1cc(C=NNC(=O)CN(C)S(=O)(=O)c2ccc(Br)cc2)ccc1O. The Bertz CT molecular complexity index is 962. The summed E-state index contributed by atoms with van der Waals surface area (Å²) in [4.78, 5) is 12.1. The van der Waals surface area contributed by atoms with Gasteiger partial charge in [-0.2, -0.15) is 9.41 Å². The van der Waals surface area contributed by atoms with Crippen LogP contribution in [0.15, 0.2) is 56.9 Å². The smallest absolute Gasteiger partial charge is 0.255 e. The molecule has 0 aromatic heterocycles. The van der Waals surface area contributed by atoms with Crippen LogP contribution in [0.25, 0.3) is 0 Å². The van der Waals surface area contributed by atoms with Crippen LogP contribution >= 0.6 is 15.9 Å². The Morgan fingerprint density at radius 1 is 1.29 bits per heavy atom. The Labute approximate surface area is 172 Å². The van der Waals surface area contributed by atoms with E-state index in [0.717, 1.165) is 8.78 Å². The van der Waals surface area contributed by atoms with Crippen molar-refractivity contribution in [3.8, 4) is 11.5 Å². The molecule has 2 rings (SSSR count). The number of halogens is 1. The average Bonchev–Trinajstić information content (AvgIpc) is 2.64. The van der Waals surface area contributed by atoms with Gasteiger partial charge < -0.3 is 9.84 Å². The maximum absolute atomic E-state index is 12.5. The maximum atomic E-state index is 12.5. The first-order valence-corrected chi connectivity index (χ1v) is 10.5.